The highest BCUT2D eigenvalue weighted by Crippen LogP contribution is 2.39. The molecular formula is C13H14N4O2S2. The Balaban J connectivity index is 1.75. The van der Waals surface area contributed by atoms with Crippen molar-refractivity contribution in [2.45, 2.75) is 31.2 Å². The number of aryl methyl sites for hydroxylation is 2. The van der Waals surface area contributed by atoms with Gasteiger partial charge in [-0.3, -0.25) is 20.4 Å². The first-order valence-corrected chi connectivity index (χ1v) is 8.39. The predicted molar refractivity (Wildman–Crippen MR) is 82.1 cm³/mol. The lowest BCUT2D eigenvalue weighted by atomic mass is 10.2. The van der Waals surface area contributed by atoms with E-state index >= 15 is 0 Å². The Kier molecular flexibility index (Phi) is 4.07. The van der Waals surface area contributed by atoms with Crippen LogP contribution in [0.1, 0.15) is 23.8 Å². The summed E-state index contributed by atoms with van der Waals surface area (Å²) in [6.07, 6.45) is 4.90. The standard InChI is InChI=1S/C13H14N4O2S2/c1-7(18)16-17-10(19)5-20-12-11-8-3-2-4-9(8)21-13(11)15-6-14-12/h6H,2-5H2,1H3,(H,16,18)(H,17,19). The molecule has 1 aliphatic rings. The molecule has 2 amide bonds. The quantitative estimate of drug-likeness (QED) is 0.507. The Bertz CT molecular complexity index is 714. The summed E-state index contributed by atoms with van der Waals surface area (Å²) in [5, 5.41) is 1.95. The van der Waals surface area contributed by atoms with Gasteiger partial charge in [-0.05, 0) is 24.8 Å². The lowest BCUT2D eigenvalue weighted by molar-refractivity contribution is -0.126. The third-order valence-corrected chi connectivity index (χ3v) is 5.37. The average Bonchev–Trinajstić information content (AvgIpc) is 3.03. The second-order valence-corrected chi connectivity index (χ2v) is 6.78. The average molecular weight is 322 g/mol. The van der Waals surface area contributed by atoms with E-state index in [2.05, 4.69) is 20.8 Å². The molecule has 0 saturated carbocycles. The van der Waals surface area contributed by atoms with Gasteiger partial charge in [0.1, 0.15) is 16.2 Å². The van der Waals surface area contributed by atoms with Crippen LogP contribution in [0, 0.1) is 0 Å². The zero-order chi connectivity index (χ0) is 14.8. The molecule has 0 unspecified atom stereocenters. The van der Waals surface area contributed by atoms with E-state index in [0.29, 0.717) is 0 Å². The van der Waals surface area contributed by atoms with Gasteiger partial charge in [-0.1, -0.05) is 11.8 Å². The maximum absolute atomic E-state index is 11.6. The number of rotatable bonds is 3. The van der Waals surface area contributed by atoms with E-state index in [4.69, 9.17) is 0 Å². The van der Waals surface area contributed by atoms with E-state index < -0.39 is 0 Å². The van der Waals surface area contributed by atoms with E-state index in [1.54, 1.807) is 17.7 Å². The minimum absolute atomic E-state index is 0.205. The summed E-state index contributed by atoms with van der Waals surface area (Å²) in [4.78, 5) is 33.4. The predicted octanol–water partition coefficient (Wildman–Crippen LogP) is 1.44. The number of fused-ring (bicyclic) bond motifs is 3. The highest BCUT2D eigenvalue weighted by atomic mass is 32.2. The van der Waals surface area contributed by atoms with Crippen molar-refractivity contribution in [2.75, 3.05) is 5.75 Å². The molecule has 0 bridgehead atoms. The Morgan fingerprint density at radius 3 is 3.00 bits per heavy atom. The van der Waals surface area contributed by atoms with E-state index in [1.165, 1.54) is 35.5 Å². The molecule has 0 saturated heterocycles. The van der Waals surface area contributed by atoms with Crippen LogP contribution in [0.15, 0.2) is 11.4 Å². The molecule has 0 fully saturated rings. The van der Waals surface area contributed by atoms with Crippen molar-refractivity contribution >= 4 is 45.1 Å². The number of hydrogen-bond acceptors (Lipinski definition) is 6. The van der Waals surface area contributed by atoms with Crippen LogP contribution in [0.5, 0.6) is 0 Å². The van der Waals surface area contributed by atoms with Gasteiger partial charge in [-0.25, -0.2) is 9.97 Å². The number of nitrogens with zero attached hydrogens (tertiary/aromatic N) is 2. The molecule has 0 radical (unpaired) electrons. The lowest BCUT2D eigenvalue weighted by Crippen LogP contribution is -2.41. The van der Waals surface area contributed by atoms with Crippen molar-refractivity contribution in [1.29, 1.82) is 0 Å². The fraction of sp³-hybridized carbons (Fsp3) is 0.385. The van der Waals surface area contributed by atoms with Crippen LogP contribution in [-0.2, 0) is 22.4 Å². The number of thioether (sulfide) groups is 1. The first-order valence-electron chi connectivity index (χ1n) is 6.58. The first kappa shape index (κ1) is 14.3. The number of amides is 2. The number of carbonyl (C=O) groups is 2. The normalized spacial score (nSPS) is 13.2. The number of aromatic nitrogens is 2. The first-order chi connectivity index (χ1) is 10.1. The van der Waals surface area contributed by atoms with Crippen molar-refractivity contribution < 1.29 is 9.59 Å². The van der Waals surface area contributed by atoms with Crippen LogP contribution in [0.3, 0.4) is 0 Å². The van der Waals surface area contributed by atoms with Crippen LogP contribution in [0.25, 0.3) is 10.2 Å². The van der Waals surface area contributed by atoms with Gasteiger partial charge in [0.25, 0.3) is 0 Å². The Morgan fingerprint density at radius 1 is 1.33 bits per heavy atom. The summed E-state index contributed by atoms with van der Waals surface area (Å²) in [6, 6.07) is 0. The van der Waals surface area contributed by atoms with Gasteiger partial charge in [-0.2, -0.15) is 0 Å². The number of hydrogen-bond donors (Lipinski definition) is 2. The second-order valence-electron chi connectivity index (χ2n) is 4.73. The summed E-state index contributed by atoms with van der Waals surface area (Å²) in [7, 11) is 0. The maximum Gasteiger partial charge on any atom is 0.248 e. The van der Waals surface area contributed by atoms with E-state index in [0.717, 1.165) is 28.1 Å². The largest absolute Gasteiger partial charge is 0.274 e. The molecule has 2 aromatic heterocycles. The molecule has 0 spiro atoms. The minimum Gasteiger partial charge on any atom is -0.274 e. The van der Waals surface area contributed by atoms with E-state index in [9.17, 15) is 9.59 Å². The monoisotopic (exact) mass is 322 g/mol. The van der Waals surface area contributed by atoms with Gasteiger partial charge in [0, 0.05) is 17.2 Å². The molecule has 8 heteroatoms. The molecule has 2 heterocycles. The van der Waals surface area contributed by atoms with Crippen LogP contribution >= 0.6 is 23.1 Å². The van der Waals surface area contributed by atoms with Crippen molar-refractivity contribution in [1.82, 2.24) is 20.8 Å². The topological polar surface area (TPSA) is 84.0 Å². The SMILES string of the molecule is CC(=O)NNC(=O)CSc1ncnc2sc3c(c12)CCC3. The zero-order valence-electron chi connectivity index (χ0n) is 11.4. The number of nitrogens with one attached hydrogen (secondary N) is 2. The fourth-order valence-corrected chi connectivity index (χ4v) is 4.46. The van der Waals surface area contributed by atoms with E-state index in [-0.39, 0.29) is 17.6 Å². The van der Waals surface area contributed by atoms with Crippen LogP contribution in [0.2, 0.25) is 0 Å². The number of hydrazine groups is 1. The van der Waals surface area contributed by atoms with Crippen LogP contribution < -0.4 is 10.9 Å². The molecule has 0 aromatic carbocycles. The number of carbonyl (C=O) groups excluding carboxylic acids is 2. The third kappa shape index (κ3) is 3.01. The molecule has 2 aromatic rings. The fourth-order valence-electron chi connectivity index (χ4n) is 2.34. The summed E-state index contributed by atoms with van der Waals surface area (Å²) in [5.41, 5.74) is 5.97. The minimum atomic E-state index is -0.298. The van der Waals surface area contributed by atoms with Crippen LogP contribution in [0.4, 0.5) is 0 Å². The molecule has 2 N–H and O–H groups in total. The second kappa shape index (κ2) is 5.98. The lowest BCUT2D eigenvalue weighted by Gasteiger charge is -2.05. The van der Waals surface area contributed by atoms with Crippen molar-refractivity contribution in [2.24, 2.45) is 0 Å². The summed E-state index contributed by atoms with van der Waals surface area (Å²) in [5.74, 6) is -0.348. The Morgan fingerprint density at radius 2 is 2.19 bits per heavy atom. The van der Waals surface area contributed by atoms with Crippen LogP contribution in [-0.4, -0.2) is 27.5 Å². The number of thiophene rings is 1. The molecule has 0 aliphatic heterocycles. The van der Waals surface area contributed by atoms with Gasteiger partial charge in [0.2, 0.25) is 11.8 Å². The molecule has 21 heavy (non-hydrogen) atoms. The van der Waals surface area contributed by atoms with E-state index in [1.807, 2.05) is 0 Å². The van der Waals surface area contributed by atoms with Gasteiger partial charge < -0.3 is 0 Å². The summed E-state index contributed by atoms with van der Waals surface area (Å²) < 4.78 is 0. The summed E-state index contributed by atoms with van der Waals surface area (Å²) >= 11 is 3.10. The summed E-state index contributed by atoms with van der Waals surface area (Å²) in [6.45, 7) is 1.34. The van der Waals surface area contributed by atoms with Crippen molar-refractivity contribution in [3.8, 4) is 0 Å². The highest BCUT2D eigenvalue weighted by Gasteiger charge is 2.21. The maximum atomic E-state index is 11.6. The van der Waals surface area contributed by atoms with Gasteiger partial charge >= 0.3 is 0 Å². The molecule has 6 nitrogen and oxygen atoms in total. The smallest absolute Gasteiger partial charge is 0.248 e. The Labute approximate surface area is 129 Å². The van der Waals surface area contributed by atoms with Gasteiger partial charge in [0.05, 0.1) is 5.75 Å². The molecule has 110 valence electrons. The third-order valence-electron chi connectivity index (χ3n) is 3.18. The molecule has 1 aliphatic carbocycles. The molecule has 3 rings (SSSR count). The zero-order valence-corrected chi connectivity index (χ0v) is 13.1. The molecule has 0 atom stereocenters. The van der Waals surface area contributed by atoms with Crippen molar-refractivity contribution in [3.63, 3.8) is 0 Å². The van der Waals surface area contributed by atoms with Crippen molar-refractivity contribution in [3.05, 3.63) is 16.8 Å². The van der Waals surface area contributed by atoms with Gasteiger partial charge in [-0.15, -0.1) is 11.3 Å². The Hall–Kier alpha value is -1.67. The highest BCUT2D eigenvalue weighted by molar-refractivity contribution is 8.00. The van der Waals surface area contributed by atoms with Gasteiger partial charge in [0.15, 0.2) is 0 Å². The molecular weight excluding hydrogens is 308 g/mol.